The number of rotatable bonds is 4. The molecule has 2 aliphatic rings. The zero-order chi connectivity index (χ0) is 16.7. The van der Waals surface area contributed by atoms with Gasteiger partial charge in [-0.25, -0.2) is 0 Å². The van der Waals surface area contributed by atoms with Gasteiger partial charge in [0.05, 0.1) is 12.1 Å². The van der Waals surface area contributed by atoms with E-state index in [-0.39, 0.29) is 28.7 Å². The lowest BCUT2D eigenvalue weighted by Gasteiger charge is -2.32. The first kappa shape index (κ1) is 16.7. The van der Waals surface area contributed by atoms with Gasteiger partial charge in [0.15, 0.2) is 0 Å². The molecule has 1 spiro atoms. The van der Waals surface area contributed by atoms with E-state index in [1.807, 2.05) is 6.07 Å². The molecule has 2 heterocycles. The summed E-state index contributed by atoms with van der Waals surface area (Å²) in [4.78, 5) is 27.8. The van der Waals surface area contributed by atoms with Crippen molar-refractivity contribution in [3.8, 4) is 0 Å². The molecule has 1 saturated heterocycles. The smallest absolute Gasteiger partial charge is 0.237 e. The molecule has 5 heteroatoms. The molecule has 4 nitrogen and oxygen atoms in total. The van der Waals surface area contributed by atoms with Crippen molar-refractivity contribution in [2.24, 2.45) is 10.8 Å². The van der Waals surface area contributed by atoms with E-state index in [0.29, 0.717) is 13.1 Å². The summed E-state index contributed by atoms with van der Waals surface area (Å²) in [5.41, 5.74) is -0.360. The van der Waals surface area contributed by atoms with E-state index in [4.69, 9.17) is 0 Å². The van der Waals surface area contributed by atoms with Crippen LogP contribution in [0.3, 0.4) is 0 Å². The Morgan fingerprint density at radius 1 is 1.30 bits per heavy atom. The highest BCUT2D eigenvalue weighted by atomic mass is 32.1. The summed E-state index contributed by atoms with van der Waals surface area (Å²) in [6.07, 6.45) is 4.30. The van der Waals surface area contributed by atoms with E-state index in [9.17, 15) is 9.59 Å². The molecule has 1 N–H and O–H groups in total. The predicted octanol–water partition coefficient (Wildman–Crippen LogP) is 3.70. The van der Waals surface area contributed by atoms with Crippen LogP contribution < -0.4 is 5.32 Å². The zero-order valence-corrected chi connectivity index (χ0v) is 15.0. The maximum atomic E-state index is 12.8. The van der Waals surface area contributed by atoms with Crippen LogP contribution in [0.5, 0.6) is 0 Å². The van der Waals surface area contributed by atoms with Crippen LogP contribution in [-0.2, 0) is 9.59 Å². The van der Waals surface area contributed by atoms with E-state index in [1.54, 1.807) is 11.3 Å². The molecule has 2 fully saturated rings. The second-order valence-electron chi connectivity index (χ2n) is 7.97. The first-order valence-corrected chi connectivity index (χ1v) is 9.33. The number of carbonyl (C=O) groups excluding carboxylic acids is 2. The quantitative estimate of drug-likeness (QED) is 0.854. The van der Waals surface area contributed by atoms with Crippen molar-refractivity contribution in [3.05, 3.63) is 22.4 Å². The summed E-state index contributed by atoms with van der Waals surface area (Å²) in [5.74, 6) is 0.0366. The van der Waals surface area contributed by atoms with Gasteiger partial charge in [-0.15, -0.1) is 11.3 Å². The highest BCUT2D eigenvalue weighted by Crippen LogP contribution is 2.46. The number of nitrogens with zero attached hydrogens (tertiary/aromatic N) is 1. The first-order chi connectivity index (χ1) is 10.8. The molecule has 1 aromatic rings. The van der Waals surface area contributed by atoms with Crippen molar-refractivity contribution in [1.82, 2.24) is 10.2 Å². The largest absolute Gasteiger partial charge is 0.291 e. The molecule has 0 unspecified atom stereocenters. The van der Waals surface area contributed by atoms with Crippen LogP contribution in [0.25, 0.3) is 0 Å². The maximum Gasteiger partial charge on any atom is 0.237 e. The van der Waals surface area contributed by atoms with E-state index in [0.717, 1.165) is 25.7 Å². The molecule has 126 valence electrons. The van der Waals surface area contributed by atoms with Gasteiger partial charge >= 0.3 is 0 Å². The molecule has 1 aliphatic heterocycles. The first-order valence-electron chi connectivity index (χ1n) is 8.45. The molecule has 1 atom stereocenters. The molecular weight excluding hydrogens is 308 g/mol. The van der Waals surface area contributed by atoms with Gasteiger partial charge in [-0.2, -0.15) is 0 Å². The van der Waals surface area contributed by atoms with Gasteiger partial charge in [0, 0.05) is 17.3 Å². The van der Waals surface area contributed by atoms with Gasteiger partial charge in [-0.1, -0.05) is 39.7 Å². The van der Waals surface area contributed by atoms with Crippen molar-refractivity contribution in [2.45, 2.75) is 58.9 Å². The lowest BCUT2D eigenvalue weighted by atomic mass is 9.84. The van der Waals surface area contributed by atoms with Crippen LogP contribution in [-0.4, -0.2) is 23.4 Å². The Balaban J connectivity index is 1.71. The Labute approximate surface area is 142 Å². The Hall–Kier alpha value is -1.20. The summed E-state index contributed by atoms with van der Waals surface area (Å²) < 4.78 is 0. The molecule has 1 saturated carbocycles. The van der Waals surface area contributed by atoms with E-state index in [2.05, 4.69) is 37.5 Å². The third kappa shape index (κ3) is 3.09. The van der Waals surface area contributed by atoms with Crippen molar-refractivity contribution >= 4 is 23.2 Å². The van der Waals surface area contributed by atoms with Crippen molar-refractivity contribution in [3.63, 3.8) is 0 Å². The molecule has 0 bridgehead atoms. The van der Waals surface area contributed by atoms with Crippen LogP contribution in [0, 0.1) is 10.8 Å². The van der Waals surface area contributed by atoms with Gasteiger partial charge in [0.2, 0.25) is 11.8 Å². The second-order valence-corrected chi connectivity index (χ2v) is 8.95. The Bertz CT molecular complexity index is 583. The number of imide groups is 1. The van der Waals surface area contributed by atoms with E-state index < -0.39 is 0 Å². The Morgan fingerprint density at radius 3 is 2.57 bits per heavy atom. The standard InChI is InChI=1S/C18H26N2O2S/c1-17(2,3)15(13-7-6-10-23-13)19-12-20-14(21)11-18(16(20)22)8-4-5-9-18/h6-7,10,15,19H,4-5,8-9,11-12H2,1-3H3/t15-/m0/s1. The normalized spacial score (nSPS) is 22.3. The summed E-state index contributed by atoms with van der Waals surface area (Å²) in [5, 5.41) is 5.53. The number of nitrogens with one attached hydrogen (secondary N) is 1. The molecule has 1 aromatic heterocycles. The fourth-order valence-corrected chi connectivity index (χ4v) is 4.98. The molecule has 1 aliphatic carbocycles. The van der Waals surface area contributed by atoms with Gasteiger partial charge in [0.25, 0.3) is 0 Å². The van der Waals surface area contributed by atoms with Gasteiger partial charge in [0.1, 0.15) is 0 Å². The van der Waals surface area contributed by atoms with Crippen LogP contribution in [0.4, 0.5) is 0 Å². The minimum Gasteiger partial charge on any atom is -0.291 e. The fraction of sp³-hybridized carbons (Fsp3) is 0.667. The van der Waals surface area contributed by atoms with Crippen LogP contribution in [0.2, 0.25) is 0 Å². The van der Waals surface area contributed by atoms with Crippen molar-refractivity contribution in [2.75, 3.05) is 6.67 Å². The lowest BCUT2D eigenvalue weighted by Crippen LogP contribution is -2.44. The fourth-order valence-electron chi connectivity index (χ4n) is 3.93. The van der Waals surface area contributed by atoms with Gasteiger partial charge in [-0.05, 0) is 29.7 Å². The average molecular weight is 334 g/mol. The highest BCUT2D eigenvalue weighted by molar-refractivity contribution is 7.10. The summed E-state index contributed by atoms with van der Waals surface area (Å²) in [6, 6.07) is 4.28. The average Bonchev–Trinajstić information content (AvgIpc) is 3.16. The van der Waals surface area contributed by atoms with Gasteiger partial charge < -0.3 is 0 Å². The number of likely N-dealkylation sites (tertiary alicyclic amines) is 1. The number of amides is 2. The van der Waals surface area contributed by atoms with Crippen molar-refractivity contribution < 1.29 is 9.59 Å². The monoisotopic (exact) mass is 334 g/mol. The summed E-state index contributed by atoms with van der Waals surface area (Å²) in [7, 11) is 0. The minimum atomic E-state index is -0.376. The van der Waals surface area contributed by atoms with Gasteiger partial charge in [-0.3, -0.25) is 19.8 Å². The minimum absolute atomic E-state index is 0.0109. The zero-order valence-electron chi connectivity index (χ0n) is 14.2. The summed E-state index contributed by atoms with van der Waals surface area (Å²) in [6.45, 7) is 6.85. The number of hydrogen-bond donors (Lipinski definition) is 1. The molecule has 0 radical (unpaired) electrons. The molecular formula is C18H26N2O2S. The predicted molar refractivity (Wildman–Crippen MR) is 91.9 cm³/mol. The molecule has 3 rings (SSSR count). The highest BCUT2D eigenvalue weighted by Gasteiger charge is 2.52. The third-order valence-corrected chi connectivity index (χ3v) is 6.13. The van der Waals surface area contributed by atoms with Crippen molar-refractivity contribution in [1.29, 1.82) is 0 Å². The van der Waals surface area contributed by atoms with E-state index in [1.165, 1.54) is 9.78 Å². The van der Waals surface area contributed by atoms with E-state index >= 15 is 0 Å². The Kier molecular flexibility index (Phi) is 4.36. The molecule has 0 aromatic carbocycles. The topological polar surface area (TPSA) is 49.4 Å². The molecule has 2 amide bonds. The number of thiophene rings is 1. The lowest BCUT2D eigenvalue weighted by molar-refractivity contribution is -0.142. The SMILES string of the molecule is CC(C)(C)[C@@H](NCN1C(=O)CC2(CCCC2)C1=O)c1cccs1. The van der Waals surface area contributed by atoms with Crippen LogP contribution in [0.15, 0.2) is 17.5 Å². The van der Waals surface area contributed by atoms with Crippen LogP contribution in [0.1, 0.15) is 63.8 Å². The summed E-state index contributed by atoms with van der Waals surface area (Å²) >= 11 is 1.71. The second kappa shape index (κ2) is 6.02. The molecule has 23 heavy (non-hydrogen) atoms. The van der Waals surface area contributed by atoms with Crippen LogP contribution >= 0.6 is 11.3 Å². The Morgan fingerprint density at radius 2 is 2.00 bits per heavy atom. The third-order valence-electron chi connectivity index (χ3n) is 5.20. The maximum absolute atomic E-state index is 12.8. The number of hydrogen-bond acceptors (Lipinski definition) is 4. The number of carbonyl (C=O) groups is 2.